The van der Waals surface area contributed by atoms with Crippen molar-refractivity contribution in [3.05, 3.63) is 59.2 Å². The van der Waals surface area contributed by atoms with Gasteiger partial charge in [-0.1, -0.05) is 20.8 Å². The highest BCUT2D eigenvalue weighted by Gasteiger charge is 2.51. The van der Waals surface area contributed by atoms with Gasteiger partial charge in [-0.2, -0.15) is 26.3 Å². The molecule has 0 radical (unpaired) electrons. The molecule has 2 aromatic rings. The number of amides is 3. The predicted octanol–water partition coefficient (Wildman–Crippen LogP) is 5.94. The van der Waals surface area contributed by atoms with Crippen LogP contribution >= 0.6 is 0 Å². The largest absolute Gasteiger partial charge is 0.465 e. The number of anilines is 1. The lowest BCUT2D eigenvalue weighted by molar-refractivity contribution is -0.143. The molecule has 3 atom stereocenters. The number of halogens is 7. The number of benzene rings is 1. The lowest BCUT2D eigenvalue weighted by Crippen LogP contribution is -2.54. The second kappa shape index (κ2) is 9.71. The Morgan fingerprint density at radius 2 is 1.57 bits per heavy atom. The lowest BCUT2D eigenvalue weighted by atomic mass is 9.80. The fourth-order valence-electron chi connectivity index (χ4n) is 4.47. The van der Waals surface area contributed by atoms with E-state index in [4.69, 9.17) is 0 Å². The van der Waals surface area contributed by atoms with Crippen LogP contribution in [0.25, 0.3) is 0 Å². The van der Waals surface area contributed by atoms with Crippen molar-refractivity contribution in [3.8, 4) is 0 Å². The Balaban J connectivity index is 1.97. The molecule has 3 rings (SSSR count). The minimum Gasteiger partial charge on any atom is -0.465 e. The summed E-state index contributed by atoms with van der Waals surface area (Å²) in [6.07, 6.45) is -10.6. The summed E-state index contributed by atoms with van der Waals surface area (Å²) in [7, 11) is 0. The number of urea groups is 1. The molecular formula is C23H23F7N4O3. The third kappa shape index (κ3) is 6.41. The number of pyridine rings is 1. The first-order valence-corrected chi connectivity index (χ1v) is 10.9. The Morgan fingerprint density at radius 3 is 2.00 bits per heavy atom. The lowest BCUT2D eigenvalue weighted by Gasteiger charge is -2.37. The van der Waals surface area contributed by atoms with Crippen molar-refractivity contribution >= 4 is 17.8 Å². The minimum atomic E-state index is -5.11. The van der Waals surface area contributed by atoms with E-state index in [2.05, 4.69) is 10.3 Å². The van der Waals surface area contributed by atoms with Crippen LogP contribution in [0, 0.1) is 11.2 Å². The third-order valence-corrected chi connectivity index (χ3v) is 5.91. The molecule has 202 valence electrons. The van der Waals surface area contributed by atoms with Crippen LogP contribution in [-0.2, 0) is 12.4 Å². The van der Waals surface area contributed by atoms with Gasteiger partial charge in [0.1, 0.15) is 5.82 Å². The maximum atomic E-state index is 13.4. The molecule has 0 spiro atoms. The Labute approximate surface area is 206 Å². The molecule has 0 saturated carbocycles. The molecule has 3 amide bonds. The fraction of sp³-hybridized carbons (Fsp3) is 0.435. The van der Waals surface area contributed by atoms with E-state index in [9.17, 15) is 45.4 Å². The van der Waals surface area contributed by atoms with E-state index in [1.165, 1.54) is 6.07 Å². The molecule has 1 aromatic carbocycles. The average molecular weight is 536 g/mol. The van der Waals surface area contributed by atoms with E-state index in [0.29, 0.717) is 12.1 Å². The zero-order chi connectivity index (χ0) is 27.9. The number of nitrogens with one attached hydrogen (secondary N) is 2. The standard InChI is InChI=1S/C23H23F7N4O3/c1-21(2,3)18-17(15(10-34(18)20(36)37)16-5-4-13(24)9-31-16)33-19(35)32-14-7-11(22(25,26)27)6-12(8-14)23(28,29)30/h4-9,15,17-18H,10H2,1-3H3,(H,36,37)(H2,32,33,35)/t15-,17-,18?/m0/s1. The van der Waals surface area contributed by atoms with Crippen LogP contribution < -0.4 is 10.6 Å². The number of carbonyl (C=O) groups excluding carboxylic acids is 1. The van der Waals surface area contributed by atoms with Gasteiger partial charge in [0.25, 0.3) is 0 Å². The number of rotatable bonds is 3. The van der Waals surface area contributed by atoms with E-state index in [-0.39, 0.29) is 18.3 Å². The molecule has 1 aliphatic heterocycles. The smallest absolute Gasteiger partial charge is 0.416 e. The highest BCUT2D eigenvalue weighted by atomic mass is 19.4. The van der Waals surface area contributed by atoms with Crippen molar-refractivity contribution < 1.29 is 45.4 Å². The molecule has 2 heterocycles. The molecule has 3 N–H and O–H groups in total. The van der Waals surface area contributed by atoms with Crippen LogP contribution in [-0.4, -0.2) is 45.7 Å². The number of carbonyl (C=O) groups is 2. The molecule has 0 bridgehead atoms. The number of likely N-dealkylation sites (tertiary alicyclic amines) is 1. The van der Waals surface area contributed by atoms with Gasteiger partial charge in [0.15, 0.2) is 0 Å². The predicted molar refractivity (Wildman–Crippen MR) is 117 cm³/mol. The first-order chi connectivity index (χ1) is 16.9. The van der Waals surface area contributed by atoms with Gasteiger partial charge in [-0.05, 0) is 35.7 Å². The molecular weight excluding hydrogens is 513 g/mol. The Bertz CT molecular complexity index is 1130. The van der Waals surface area contributed by atoms with Crippen LogP contribution in [0.1, 0.15) is 43.5 Å². The summed E-state index contributed by atoms with van der Waals surface area (Å²) in [5, 5.41) is 14.3. The summed E-state index contributed by atoms with van der Waals surface area (Å²) >= 11 is 0. The molecule has 1 aromatic heterocycles. The maximum absolute atomic E-state index is 13.4. The highest BCUT2D eigenvalue weighted by molar-refractivity contribution is 5.90. The van der Waals surface area contributed by atoms with Gasteiger partial charge in [-0.25, -0.2) is 14.0 Å². The Kier molecular flexibility index (Phi) is 7.35. The second-order valence-electron chi connectivity index (χ2n) is 9.67. The highest BCUT2D eigenvalue weighted by Crippen LogP contribution is 2.41. The first-order valence-electron chi connectivity index (χ1n) is 10.9. The van der Waals surface area contributed by atoms with Crippen molar-refractivity contribution in [2.75, 3.05) is 11.9 Å². The van der Waals surface area contributed by atoms with Crippen LogP contribution in [0.15, 0.2) is 36.5 Å². The molecule has 1 fully saturated rings. The van der Waals surface area contributed by atoms with Crippen molar-refractivity contribution in [1.82, 2.24) is 15.2 Å². The van der Waals surface area contributed by atoms with E-state index in [1.54, 1.807) is 20.8 Å². The number of alkyl halides is 6. The summed E-state index contributed by atoms with van der Waals surface area (Å²) < 4.78 is 92.5. The summed E-state index contributed by atoms with van der Waals surface area (Å²) in [4.78, 5) is 29.9. The first kappa shape index (κ1) is 28.0. The Hall–Kier alpha value is -3.58. The van der Waals surface area contributed by atoms with E-state index < -0.39 is 70.5 Å². The maximum Gasteiger partial charge on any atom is 0.416 e. The number of nitrogens with zero attached hydrogens (tertiary/aromatic N) is 2. The van der Waals surface area contributed by atoms with Crippen LogP contribution in [0.4, 0.5) is 46.0 Å². The number of hydrogen-bond acceptors (Lipinski definition) is 3. The summed E-state index contributed by atoms with van der Waals surface area (Å²) in [6, 6.07) is -0.0130. The number of carboxylic acid groups (broad SMARTS) is 1. The van der Waals surface area contributed by atoms with Crippen LogP contribution in [0.2, 0.25) is 0 Å². The van der Waals surface area contributed by atoms with E-state index >= 15 is 0 Å². The van der Waals surface area contributed by atoms with Gasteiger partial charge in [0.05, 0.1) is 29.4 Å². The third-order valence-electron chi connectivity index (χ3n) is 5.91. The molecule has 1 aliphatic rings. The second-order valence-corrected chi connectivity index (χ2v) is 9.67. The molecule has 14 heteroatoms. The van der Waals surface area contributed by atoms with E-state index in [0.717, 1.165) is 17.2 Å². The van der Waals surface area contributed by atoms with Crippen molar-refractivity contribution in [2.24, 2.45) is 5.41 Å². The van der Waals surface area contributed by atoms with Gasteiger partial charge in [0, 0.05) is 23.8 Å². The van der Waals surface area contributed by atoms with Crippen molar-refractivity contribution in [1.29, 1.82) is 0 Å². The molecule has 1 saturated heterocycles. The molecule has 0 aliphatic carbocycles. The van der Waals surface area contributed by atoms with Gasteiger partial charge in [-0.15, -0.1) is 0 Å². The Morgan fingerprint density at radius 1 is 1.00 bits per heavy atom. The SMILES string of the molecule is CC(C)(C)C1[C@@H](NC(=O)Nc2cc(C(F)(F)F)cc(C(F)(F)F)c2)[C@H](c2ccc(F)cn2)CN1C(=O)O. The normalized spacial score (nSPS) is 20.6. The topological polar surface area (TPSA) is 94.6 Å². The zero-order valence-electron chi connectivity index (χ0n) is 19.7. The van der Waals surface area contributed by atoms with Crippen LogP contribution in [0.5, 0.6) is 0 Å². The van der Waals surface area contributed by atoms with Crippen molar-refractivity contribution in [2.45, 2.75) is 51.1 Å². The van der Waals surface area contributed by atoms with Gasteiger partial charge >= 0.3 is 24.5 Å². The summed E-state index contributed by atoms with van der Waals surface area (Å²) in [6.45, 7) is 4.94. The quantitative estimate of drug-likeness (QED) is 0.423. The van der Waals surface area contributed by atoms with Crippen molar-refractivity contribution in [3.63, 3.8) is 0 Å². The van der Waals surface area contributed by atoms with Gasteiger partial charge < -0.3 is 20.6 Å². The minimum absolute atomic E-state index is 0.0728. The van der Waals surface area contributed by atoms with Gasteiger partial charge in [0.2, 0.25) is 0 Å². The number of aromatic nitrogens is 1. The van der Waals surface area contributed by atoms with E-state index in [1.807, 2.05) is 5.32 Å². The fourth-order valence-corrected chi connectivity index (χ4v) is 4.47. The van der Waals surface area contributed by atoms with Crippen LogP contribution in [0.3, 0.4) is 0 Å². The summed E-state index contributed by atoms with van der Waals surface area (Å²) in [5.41, 5.74) is -4.53. The zero-order valence-corrected chi connectivity index (χ0v) is 19.7. The van der Waals surface area contributed by atoms with Gasteiger partial charge in [-0.3, -0.25) is 4.98 Å². The molecule has 7 nitrogen and oxygen atoms in total. The monoisotopic (exact) mass is 536 g/mol. The number of hydrogen-bond donors (Lipinski definition) is 3. The molecule has 37 heavy (non-hydrogen) atoms. The summed E-state index contributed by atoms with van der Waals surface area (Å²) in [5.74, 6) is -1.45. The molecule has 1 unspecified atom stereocenters. The average Bonchev–Trinajstić information content (AvgIpc) is 3.12.